The van der Waals surface area contributed by atoms with E-state index in [0.717, 1.165) is 18.5 Å². The van der Waals surface area contributed by atoms with Crippen LogP contribution in [0.25, 0.3) is 0 Å². The van der Waals surface area contributed by atoms with Gasteiger partial charge in [-0.15, -0.1) is 0 Å². The van der Waals surface area contributed by atoms with Crippen LogP contribution in [0.3, 0.4) is 0 Å². The summed E-state index contributed by atoms with van der Waals surface area (Å²) < 4.78 is 5.22. The summed E-state index contributed by atoms with van der Waals surface area (Å²) in [5.41, 5.74) is -0.814. The first-order valence-corrected chi connectivity index (χ1v) is 8.66. The molecule has 2 aliphatic rings. The van der Waals surface area contributed by atoms with Gasteiger partial charge in [0.2, 0.25) is 0 Å². The van der Waals surface area contributed by atoms with Crippen molar-refractivity contribution >= 4 is 5.71 Å². The van der Waals surface area contributed by atoms with Gasteiger partial charge in [0.1, 0.15) is 5.75 Å². The largest absolute Gasteiger partial charge is 0.497 e. The summed E-state index contributed by atoms with van der Waals surface area (Å²) in [6, 6.07) is 13.8. The molecule has 26 heavy (non-hydrogen) atoms. The molecule has 6 heteroatoms. The third-order valence-corrected chi connectivity index (χ3v) is 5.94. The van der Waals surface area contributed by atoms with Gasteiger partial charge in [-0.25, -0.2) is 0 Å². The molecule has 132 valence electrons. The summed E-state index contributed by atoms with van der Waals surface area (Å²) in [6.45, 7) is 1.56. The molecule has 1 saturated carbocycles. The molecule has 1 N–H and O–H groups in total. The highest BCUT2D eigenvalue weighted by molar-refractivity contribution is 5.98. The third-order valence-electron chi connectivity index (χ3n) is 5.94. The van der Waals surface area contributed by atoms with Crippen molar-refractivity contribution < 1.29 is 4.74 Å². The Kier molecular flexibility index (Phi) is 4.68. The second-order valence-electron chi connectivity index (χ2n) is 7.18. The SMILES string of the molecule is COc1ccc([C@H]2[C@@H]3CN(C)CC[C@@H]3C(C#N)C(=N)C2(C#N)C#N)cc1. The van der Waals surface area contributed by atoms with Crippen LogP contribution in [-0.2, 0) is 0 Å². The van der Waals surface area contributed by atoms with Crippen LogP contribution in [0.1, 0.15) is 17.9 Å². The fraction of sp³-hybridized carbons (Fsp3) is 0.500. The van der Waals surface area contributed by atoms with Gasteiger partial charge in [0.05, 0.1) is 36.9 Å². The van der Waals surface area contributed by atoms with E-state index >= 15 is 0 Å². The number of hydrogen-bond acceptors (Lipinski definition) is 6. The second-order valence-corrected chi connectivity index (χ2v) is 7.18. The van der Waals surface area contributed by atoms with Crippen molar-refractivity contribution in [3.05, 3.63) is 29.8 Å². The van der Waals surface area contributed by atoms with Gasteiger partial charge in [-0.05, 0) is 49.5 Å². The van der Waals surface area contributed by atoms with Gasteiger partial charge in [-0.1, -0.05) is 12.1 Å². The minimum atomic E-state index is -1.62. The first-order valence-electron chi connectivity index (χ1n) is 8.66. The smallest absolute Gasteiger partial charge is 0.189 e. The van der Waals surface area contributed by atoms with E-state index < -0.39 is 17.3 Å². The van der Waals surface area contributed by atoms with E-state index in [1.807, 2.05) is 31.3 Å². The maximum absolute atomic E-state index is 9.95. The molecular formula is C20H21N5O. The zero-order chi connectivity index (χ0) is 18.9. The summed E-state index contributed by atoms with van der Waals surface area (Å²) in [5, 5.41) is 38.2. The molecule has 1 unspecified atom stereocenters. The molecular weight excluding hydrogens is 326 g/mol. The number of hydrogen-bond donors (Lipinski definition) is 1. The number of ether oxygens (including phenoxy) is 1. The Morgan fingerprint density at radius 2 is 1.81 bits per heavy atom. The van der Waals surface area contributed by atoms with Crippen molar-refractivity contribution in [3.8, 4) is 24.0 Å². The van der Waals surface area contributed by atoms with Crippen LogP contribution in [0, 0.1) is 62.6 Å². The zero-order valence-corrected chi connectivity index (χ0v) is 14.9. The van der Waals surface area contributed by atoms with Crippen molar-refractivity contribution in [3.63, 3.8) is 0 Å². The first kappa shape index (κ1) is 17.9. The van der Waals surface area contributed by atoms with Gasteiger partial charge >= 0.3 is 0 Å². The number of likely N-dealkylation sites (tertiary alicyclic amines) is 1. The normalized spacial score (nSPS) is 30.3. The van der Waals surface area contributed by atoms with Crippen molar-refractivity contribution in [1.82, 2.24) is 4.90 Å². The maximum atomic E-state index is 9.95. The number of fused-ring (bicyclic) bond motifs is 1. The molecule has 4 atom stereocenters. The molecule has 0 aromatic heterocycles. The van der Waals surface area contributed by atoms with E-state index in [0.29, 0.717) is 12.3 Å². The molecule has 0 bridgehead atoms. The molecule has 1 heterocycles. The monoisotopic (exact) mass is 347 g/mol. The molecule has 0 amide bonds. The fourth-order valence-electron chi connectivity index (χ4n) is 4.64. The van der Waals surface area contributed by atoms with E-state index in [2.05, 4.69) is 23.1 Å². The van der Waals surface area contributed by atoms with E-state index in [-0.39, 0.29) is 17.5 Å². The Labute approximate surface area is 153 Å². The highest BCUT2D eigenvalue weighted by Gasteiger charge is 2.59. The average molecular weight is 347 g/mol. The molecule has 1 aromatic rings. The lowest BCUT2D eigenvalue weighted by atomic mass is 9.51. The summed E-state index contributed by atoms with van der Waals surface area (Å²) in [5.74, 6) is -0.451. The lowest BCUT2D eigenvalue weighted by Gasteiger charge is -2.51. The van der Waals surface area contributed by atoms with Crippen molar-refractivity contribution in [2.75, 3.05) is 27.2 Å². The Morgan fingerprint density at radius 3 is 2.35 bits per heavy atom. The van der Waals surface area contributed by atoms with Gasteiger partial charge in [0, 0.05) is 12.5 Å². The number of nitriles is 3. The lowest BCUT2D eigenvalue weighted by Crippen LogP contribution is -2.56. The van der Waals surface area contributed by atoms with Gasteiger partial charge in [0.15, 0.2) is 5.41 Å². The third kappa shape index (κ3) is 2.53. The quantitative estimate of drug-likeness (QED) is 0.884. The Balaban J connectivity index is 2.18. The Bertz CT molecular complexity index is 812. The van der Waals surface area contributed by atoms with E-state index in [1.165, 1.54) is 0 Å². The standard InChI is InChI=1S/C20H21N5O/c1-25-8-7-15-16(9-21)19(24)20(11-22,12-23)18(17(15)10-25)13-3-5-14(26-2)6-4-13/h3-6,15-18,24H,7-8,10H2,1-2H3/t15-,16?,17-,18+/m1/s1. The number of rotatable bonds is 2. The zero-order valence-electron chi connectivity index (χ0n) is 14.9. The average Bonchev–Trinajstić information content (AvgIpc) is 2.67. The van der Waals surface area contributed by atoms with Crippen LogP contribution in [-0.4, -0.2) is 37.9 Å². The van der Waals surface area contributed by atoms with Gasteiger partial charge in [-0.3, -0.25) is 0 Å². The van der Waals surface area contributed by atoms with Crippen molar-refractivity contribution in [2.45, 2.75) is 12.3 Å². The van der Waals surface area contributed by atoms with Crippen LogP contribution in [0.15, 0.2) is 24.3 Å². The van der Waals surface area contributed by atoms with Crippen LogP contribution < -0.4 is 4.74 Å². The second kappa shape index (κ2) is 6.79. The summed E-state index contributed by atoms with van der Waals surface area (Å²) in [6.07, 6.45) is 0.793. The number of piperidine rings is 1. The number of nitrogens with one attached hydrogen (secondary N) is 1. The van der Waals surface area contributed by atoms with E-state index in [9.17, 15) is 15.8 Å². The topological polar surface area (TPSA) is 108 Å². The summed E-state index contributed by atoms with van der Waals surface area (Å²) in [7, 11) is 3.60. The molecule has 2 fully saturated rings. The Morgan fingerprint density at radius 1 is 1.15 bits per heavy atom. The molecule has 1 aromatic carbocycles. The molecule has 0 spiro atoms. The molecule has 1 aliphatic heterocycles. The van der Waals surface area contributed by atoms with Crippen LogP contribution in [0.2, 0.25) is 0 Å². The maximum Gasteiger partial charge on any atom is 0.189 e. The molecule has 1 aliphatic carbocycles. The van der Waals surface area contributed by atoms with Crippen molar-refractivity contribution in [1.29, 1.82) is 21.2 Å². The Hall–Kier alpha value is -2.88. The van der Waals surface area contributed by atoms with Crippen molar-refractivity contribution in [2.24, 2.45) is 23.2 Å². The molecule has 1 saturated heterocycles. The number of benzene rings is 1. The van der Waals surface area contributed by atoms with Crippen LogP contribution >= 0.6 is 0 Å². The van der Waals surface area contributed by atoms with Crippen LogP contribution in [0.4, 0.5) is 0 Å². The predicted molar refractivity (Wildman–Crippen MR) is 95.3 cm³/mol. The minimum Gasteiger partial charge on any atom is -0.497 e. The highest BCUT2D eigenvalue weighted by atomic mass is 16.5. The minimum absolute atomic E-state index is 0.00868. The molecule has 0 radical (unpaired) electrons. The molecule has 3 rings (SSSR count). The predicted octanol–water partition coefficient (Wildman–Crippen LogP) is 2.55. The van der Waals surface area contributed by atoms with Gasteiger partial charge in [0.25, 0.3) is 0 Å². The lowest BCUT2D eigenvalue weighted by molar-refractivity contribution is 0.0794. The number of nitrogens with zero attached hydrogens (tertiary/aromatic N) is 4. The fourth-order valence-corrected chi connectivity index (χ4v) is 4.64. The van der Waals surface area contributed by atoms with Crippen LogP contribution in [0.5, 0.6) is 5.75 Å². The van der Waals surface area contributed by atoms with Gasteiger partial charge in [-0.2, -0.15) is 15.8 Å². The van der Waals surface area contributed by atoms with E-state index in [4.69, 9.17) is 10.1 Å². The van der Waals surface area contributed by atoms with Gasteiger partial charge < -0.3 is 15.0 Å². The number of methoxy groups -OCH3 is 1. The van der Waals surface area contributed by atoms with E-state index in [1.54, 1.807) is 7.11 Å². The summed E-state index contributed by atoms with van der Waals surface area (Å²) >= 11 is 0. The first-order chi connectivity index (χ1) is 12.5. The summed E-state index contributed by atoms with van der Waals surface area (Å²) in [4.78, 5) is 2.18. The molecule has 6 nitrogen and oxygen atoms in total. The highest BCUT2D eigenvalue weighted by Crippen LogP contribution is 2.54.